The van der Waals surface area contributed by atoms with Crippen molar-refractivity contribution in [1.29, 1.82) is 0 Å². The van der Waals surface area contributed by atoms with Gasteiger partial charge in [0.25, 0.3) is 0 Å². The zero-order chi connectivity index (χ0) is 10.5. The Balaban J connectivity index is 2.12. The third-order valence-corrected chi connectivity index (χ3v) is 3.02. The van der Waals surface area contributed by atoms with E-state index in [2.05, 4.69) is 20.2 Å². The van der Waals surface area contributed by atoms with Gasteiger partial charge >= 0.3 is 0 Å². The molecule has 0 aliphatic carbocycles. The lowest BCUT2D eigenvalue weighted by Crippen LogP contribution is -2.10. The number of hydrogen-bond donors (Lipinski definition) is 2. The number of H-pyrrole nitrogens is 1. The third-order valence-electron chi connectivity index (χ3n) is 1.88. The van der Waals surface area contributed by atoms with Crippen molar-refractivity contribution in [3.05, 3.63) is 36.4 Å². The van der Waals surface area contributed by atoms with Crippen molar-refractivity contribution < 1.29 is 0 Å². The first-order valence-corrected chi connectivity index (χ1v) is 5.41. The van der Waals surface area contributed by atoms with E-state index >= 15 is 0 Å². The van der Waals surface area contributed by atoms with Crippen LogP contribution in [0.3, 0.4) is 0 Å². The van der Waals surface area contributed by atoms with E-state index in [1.165, 1.54) is 18.1 Å². The van der Waals surface area contributed by atoms with Gasteiger partial charge in [0.1, 0.15) is 6.33 Å². The second kappa shape index (κ2) is 4.90. The Morgan fingerprint density at radius 2 is 2.33 bits per heavy atom. The Morgan fingerprint density at radius 1 is 1.40 bits per heavy atom. The summed E-state index contributed by atoms with van der Waals surface area (Å²) in [6.45, 7) is 0.516. The topological polar surface area (TPSA) is 80.5 Å². The summed E-state index contributed by atoms with van der Waals surface area (Å²) in [6, 6.07) is 5.79. The summed E-state index contributed by atoms with van der Waals surface area (Å²) in [7, 11) is 0. The number of nitrogens with two attached hydrogens (primary N) is 1. The average molecular weight is 221 g/mol. The molecule has 5 nitrogen and oxygen atoms in total. The second-order valence-corrected chi connectivity index (χ2v) is 4.08. The standard InChI is InChI=1S/C9H11N5S/c10-5-8(7-3-1-2-4-11-7)15-9-12-6-13-14-9/h1-4,6,8H,5,10H2,(H,12,13,14). The van der Waals surface area contributed by atoms with Crippen molar-refractivity contribution in [1.82, 2.24) is 20.2 Å². The van der Waals surface area contributed by atoms with Crippen molar-refractivity contribution in [2.24, 2.45) is 5.73 Å². The quantitative estimate of drug-likeness (QED) is 0.752. The van der Waals surface area contributed by atoms with Crippen LogP contribution in [0.2, 0.25) is 0 Å². The van der Waals surface area contributed by atoms with E-state index < -0.39 is 0 Å². The molecule has 2 heterocycles. The van der Waals surface area contributed by atoms with Crippen LogP contribution in [0.1, 0.15) is 10.9 Å². The van der Waals surface area contributed by atoms with Gasteiger partial charge in [0.15, 0.2) is 5.16 Å². The minimum atomic E-state index is 0.110. The summed E-state index contributed by atoms with van der Waals surface area (Å²) in [6.07, 6.45) is 3.24. The van der Waals surface area contributed by atoms with E-state index in [9.17, 15) is 0 Å². The molecule has 0 saturated carbocycles. The number of aromatic nitrogens is 4. The van der Waals surface area contributed by atoms with E-state index in [1.807, 2.05) is 18.2 Å². The summed E-state index contributed by atoms with van der Waals surface area (Å²) in [5.41, 5.74) is 6.66. The predicted molar refractivity (Wildman–Crippen MR) is 58.3 cm³/mol. The largest absolute Gasteiger partial charge is 0.329 e. The van der Waals surface area contributed by atoms with E-state index in [0.29, 0.717) is 6.54 Å². The van der Waals surface area contributed by atoms with Gasteiger partial charge in [-0.05, 0) is 12.1 Å². The number of nitrogens with zero attached hydrogens (tertiary/aromatic N) is 3. The molecule has 0 amide bonds. The zero-order valence-electron chi connectivity index (χ0n) is 8.00. The SMILES string of the molecule is NCC(Sc1ncn[nH]1)c1ccccn1. The van der Waals surface area contributed by atoms with Crippen molar-refractivity contribution in [3.63, 3.8) is 0 Å². The van der Waals surface area contributed by atoms with Crippen LogP contribution >= 0.6 is 11.8 Å². The van der Waals surface area contributed by atoms with Gasteiger partial charge in [0, 0.05) is 12.7 Å². The van der Waals surface area contributed by atoms with Gasteiger partial charge in [0.2, 0.25) is 0 Å². The van der Waals surface area contributed by atoms with Gasteiger partial charge in [0.05, 0.1) is 10.9 Å². The Hall–Kier alpha value is -1.40. The van der Waals surface area contributed by atoms with Gasteiger partial charge in [-0.3, -0.25) is 10.1 Å². The molecule has 2 rings (SSSR count). The lowest BCUT2D eigenvalue weighted by Gasteiger charge is -2.10. The van der Waals surface area contributed by atoms with Crippen LogP contribution in [0.25, 0.3) is 0 Å². The molecule has 1 unspecified atom stereocenters. The molecule has 0 spiro atoms. The molecule has 3 N–H and O–H groups in total. The first-order chi connectivity index (χ1) is 7.40. The maximum Gasteiger partial charge on any atom is 0.184 e. The molecule has 0 bridgehead atoms. The van der Waals surface area contributed by atoms with Crippen molar-refractivity contribution in [2.75, 3.05) is 6.54 Å². The van der Waals surface area contributed by atoms with Crippen LogP contribution in [0.5, 0.6) is 0 Å². The van der Waals surface area contributed by atoms with Crippen LogP contribution in [-0.4, -0.2) is 26.7 Å². The summed E-state index contributed by atoms with van der Waals surface area (Å²) in [5, 5.41) is 7.45. The fraction of sp³-hybridized carbons (Fsp3) is 0.222. The molecule has 2 aromatic heterocycles. The number of rotatable bonds is 4. The number of nitrogens with one attached hydrogen (secondary N) is 1. The number of thioether (sulfide) groups is 1. The van der Waals surface area contributed by atoms with E-state index in [-0.39, 0.29) is 5.25 Å². The molecule has 6 heteroatoms. The first kappa shape index (κ1) is 10.1. The molecule has 0 aliphatic rings. The van der Waals surface area contributed by atoms with Crippen molar-refractivity contribution in [3.8, 4) is 0 Å². The van der Waals surface area contributed by atoms with Crippen LogP contribution in [0, 0.1) is 0 Å². The molecule has 15 heavy (non-hydrogen) atoms. The maximum absolute atomic E-state index is 5.70. The smallest absolute Gasteiger partial charge is 0.184 e. The summed E-state index contributed by atoms with van der Waals surface area (Å²) in [5.74, 6) is 0. The highest BCUT2D eigenvalue weighted by atomic mass is 32.2. The molecule has 2 aromatic rings. The van der Waals surface area contributed by atoms with Gasteiger partial charge in [-0.15, -0.1) is 0 Å². The fourth-order valence-electron chi connectivity index (χ4n) is 1.18. The molecular formula is C9H11N5S. The first-order valence-electron chi connectivity index (χ1n) is 4.53. The Kier molecular flexibility index (Phi) is 3.31. The Morgan fingerprint density at radius 3 is 2.93 bits per heavy atom. The number of hydrogen-bond acceptors (Lipinski definition) is 5. The molecular weight excluding hydrogens is 210 g/mol. The Bertz CT molecular complexity index is 388. The van der Waals surface area contributed by atoms with Crippen molar-refractivity contribution in [2.45, 2.75) is 10.4 Å². The highest BCUT2D eigenvalue weighted by molar-refractivity contribution is 7.99. The predicted octanol–water partition coefficient (Wildman–Crippen LogP) is 0.992. The normalized spacial score (nSPS) is 12.6. The monoisotopic (exact) mass is 221 g/mol. The zero-order valence-corrected chi connectivity index (χ0v) is 8.81. The molecule has 78 valence electrons. The number of aromatic amines is 1. The van der Waals surface area contributed by atoms with E-state index in [0.717, 1.165) is 10.9 Å². The van der Waals surface area contributed by atoms with Crippen LogP contribution in [0.15, 0.2) is 35.9 Å². The summed E-state index contributed by atoms with van der Waals surface area (Å²) >= 11 is 1.53. The Labute approximate surface area is 91.5 Å². The van der Waals surface area contributed by atoms with Gasteiger partial charge in [-0.2, -0.15) is 5.10 Å². The molecule has 0 fully saturated rings. The number of pyridine rings is 1. The van der Waals surface area contributed by atoms with Crippen LogP contribution in [0.4, 0.5) is 0 Å². The minimum absolute atomic E-state index is 0.110. The highest BCUT2D eigenvalue weighted by Gasteiger charge is 2.13. The van der Waals surface area contributed by atoms with E-state index in [4.69, 9.17) is 5.73 Å². The van der Waals surface area contributed by atoms with E-state index in [1.54, 1.807) is 6.20 Å². The van der Waals surface area contributed by atoms with Crippen molar-refractivity contribution >= 4 is 11.8 Å². The molecule has 0 saturated heterocycles. The maximum atomic E-state index is 5.70. The second-order valence-electron chi connectivity index (χ2n) is 2.89. The van der Waals surface area contributed by atoms with Crippen LogP contribution < -0.4 is 5.73 Å². The molecule has 0 radical (unpaired) electrons. The molecule has 0 aromatic carbocycles. The molecule has 0 aliphatic heterocycles. The lowest BCUT2D eigenvalue weighted by molar-refractivity contribution is 0.882. The van der Waals surface area contributed by atoms with Gasteiger partial charge in [-0.25, -0.2) is 4.98 Å². The average Bonchev–Trinajstić information content (AvgIpc) is 2.80. The summed E-state index contributed by atoms with van der Waals surface area (Å²) in [4.78, 5) is 8.31. The lowest BCUT2D eigenvalue weighted by atomic mass is 10.3. The third kappa shape index (κ3) is 2.54. The molecule has 1 atom stereocenters. The minimum Gasteiger partial charge on any atom is -0.329 e. The summed E-state index contributed by atoms with van der Waals surface area (Å²) < 4.78 is 0. The highest BCUT2D eigenvalue weighted by Crippen LogP contribution is 2.30. The van der Waals surface area contributed by atoms with Gasteiger partial charge < -0.3 is 5.73 Å². The van der Waals surface area contributed by atoms with Gasteiger partial charge in [-0.1, -0.05) is 17.8 Å². The fourth-order valence-corrected chi connectivity index (χ4v) is 2.02. The van der Waals surface area contributed by atoms with Crippen LogP contribution in [-0.2, 0) is 0 Å².